The van der Waals surface area contributed by atoms with E-state index >= 15 is 0 Å². The lowest BCUT2D eigenvalue weighted by atomic mass is 9.97. The highest BCUT2D eigenvalue weighted by atomic mass is 35.5. The number of benzene rings is 3. The van der Waals surface area contributed by atoms with Gasteiger partial charge in [-0.05, 0) is 47.4 Å². The largest absolute Gasteiger partial charge is 0.361 e. The highest BCUT2D eigenvalue weighted by Gasteiger charge is 2.30. The maximum Gasteiger partial charge on any atom is 0.0670 e. The van der Waals surface area contributed by atoms with Gasteiger partial charge in [0.15, 0.2) is 0 Å². The van der Waals surface area contributed by atoms with Crippen LogP contribution in [0.15, 0.2) is 72.8 Å². The van der Waals surface area contributed by atoms with E-state index in [1.165, 1.54) is 11.1 Å². The monoisotopic (exact) mass is 458 g/mol. The van der Waals surface area contributed by atoms with Crippen molar-refractivity contribution in [2.24, 2.45) is 0 Å². The summed E-state index contributed by atoms with van der Waals surface area (Å²) in [5.41, 5.74) is 3.64. The van der Waals surface area contributed by atoms with Crippen molar-refractivity contribution in [3.63, 3.8) is 0 Å². The standard InChI is InChI=1S/C25H25Cl3N2/c1-18(19-5-3-2-4-6-19)16-29-13-14-30(24-12-11-22(27)15-23(24)28)25(17-29)20-7-9-21(26)10-8-20/h2-12,15,18,25H,13-14,16-17H2,1H3/t18-,25?/m0/s1. The van der Waals surface area contributed by atoms with Crippen molar-refractivity contribution in [1.82, 2.24) is 4.90 Å². The van der Waals surface area contributed by atoms with E-state index < -0.39 is 0 Å². The van der Waals surface area contributed by atoms with Crippen molar-refractivity contribution in [1.29, 1.82) is 0 Å². The molecule has 0 saturated carbocycles. The molecule has 4 rings (SSSR count). The minimum absolute atomic E-state index is 0.192. The Labute approximate surface area is 194 Å². The smallest absolute Gasteiger partial charge is 0.0670 e. The fraction of sp³-hybridized carbons (Fsp3) is 0.280. The van der Waals surface area contributed by atoms with Gasteiger partial charge < -0.3 is 4.90 Å². The molecule has 1 heterocycles. The zero-order chi connectivity index (χ0) is 21.1. The molecule has 3 aromatic carbocycles. The molecule has 3 aromatic rings. The highest BCUT2D eigenvalue weighted by Crippen LogP contribution is 2.37. The minimum Gasteiger partial charge on any atom is -0.361 e. The van der Waals surface area contributed by atoms with Crippen LogP contribution in [0.3, 0.4) is 0 Å². The average molecular weight is 460 g/mol. The number of hydrogen-bond acceptors (Lipinski definition) is 2. The summed E-state index contributed by atoms with van der Waals surface area (Å²) in [7, 11) is 0. The van der Waals surface area contributed by atoms with E-state index in [2.05, 4.69) is 59.2 Å². The van der Waals surface area contributed by atoms with Crippen molar-refractivity contribution in [2.75, 3.05) is 31.1 Å². The molecule has 0 aromatic heterocycles. The molecule has 1 saturated heterocycles. The van der Waals surface area contributed by atoms with Gasteiger partial charge in [-0.2, -0.15) is 0 Å². The van der Waals surface area contributed by atoms with Gasteiger partial charge in [0.25, 0.3) is 0 Å². The van der Waals surface area contributed by atoms with Gasteiger partial charge in [-0.15, -0.1) is 0 Å². The molecule has 0 aliphatic carbocycles. The lowest BCUT2D eigenvalue weighted by Gasteiger charge is -2.44. The van der Waals surface area contributed by atoms with Gasteiger partial charge in [-0.1, -0.05) is 84.2 Å². The first-order valence-electron chi connectivity index (χ1n) is 10.3. The lowest BCUT2D eigenvalue weighted by Crippen LogP contribution is -2.49. The van der Waals surface area contributed by atoms with Crippen molar-refractivity contribution >= 4 is 40.5 Å². The molecule has 156 valence electrons. The Balaban J connectivity index is 1.59. The molecule has 0 spiro atoms. The Morgan fingerprint density at radius 2 is 1.57 bits per heavy atom. The number of anilines is 1. The average Bonchev–Trinajstić information content (AvgIpc) is 2.75. The second-order valence-electron chi connectivity index (χ2n) is 7.93. The summed E-state index contributed by atoms with van der Waals surface area (Å²) >= 11 is 18.9. The van der Waals surface area contributed by atoms with Gasteiger partial charge in [0.1, 0.15) is 0 Å². The molecule has 0 radical (unpaired) electrons. The normalized spacial score (nSPS) is 18.4. The summed E-state index contributed by atoms with van der Waals surface area (Å²) in [4.78, 5) is 4.95. The van der Waals surface area contributed by atoms with Gasteiger partial charge >= 0.3 is 0 Å². The Morgan fingerprint density at radius 3 is 2.27 bits per heavy atom. The fourth-order valence-corrected chi connectivity index (χ4v) is 4.90. The van der Waals surface area contributed by atoms with Crippen LogP contribution in [0.5, 0.6) is 0 Å². The Kier molecular flexibility index (Phi) is 6.90. The van der Waals surface area contributed by atoms with Crippen LogP contribution in [0.1, 0.15) is 30.0 Å². The summed E-state index contributed by atoms with van der Waals surface area (Å²) in [6.45, 7) is 6.14. The molecule has 0 bridgehead atoms. The molecule has 2 atom stereocenters. The zero-order valence-electron chi connectivity index (χ0n) is 16.9. The molecule has 2 nitrogen and oxygen atoms in total. The molecule has 1 aliphatic heterocycles. The van der Waals surface area contributed by atoms with Gasteiger partial charge in [0.05, 0.1) is 16.8 Å². The van der Waals surface area contributed by atoms with Crippen molar-refractivity contribution < 1.29 is 0 Å². The Morgan fingerprint density at radius 1 is 0.867 bits per heavy atom. The van der Waals surface area contributed by atoms with Crippen molar-refractivity contribution in [3.05, 3.63) is 99.0 Å². The summed E-state index contributed by atoms with van der Waals surface area (Å²) in [5, 5.41) is 2.09. The molecular formula is C25H25Cl3N2. The zero-order valence-corrected chi connectivity index (χ0v) is 19.2. The maximum absolute atomic E-state index is 6.58. The molecule has 5 heteroatoms. The summed E-state index contributed by atoms with van der Waals surface area (Å²) in [6, 6.07) is 24.8. The molecular weight excluding hydrogens is 435 g/mol. The number of hydrogen-bond donors (Lipinski definition) is 0. The van der Waals surface area contributed by atoms with Crippen LogP contribution in [0.4, 0.5) is 5.69 Å². The van der Waals surface area contributed by atoms with Crippen LogP contribution in [0.25, 0.3) is 0 Å². The SMILES string of the molecule is C[C@@H](CN1CCN(c2ccc(Cl)cc2Cl)C(c2ccc(Cl)cc2)C1)c1ccccc1. The summed E-state index contributed by atoms with van der Waals surface area (Å²) in [5.74, 6) is 0.475. The molecule has 1 aliphatic rings. The minimum atomic E-state index is 0.192. The summed E-state index contributed by atoms with van der Waals surface area (Å²) < 4.78 is 0. The van der Waals surface area contributed by atoms with E-state index in [0.29, 0.717) is 16.0 Å². The lowest BCUT2D eigenvalue weighted by molar-refractivity contribution is 0.214. The molecule has 0 amide bonds. The molecule has 0 N–H and O–H groups in total. The van der Waals surface area contributed by atoms with E-state index in [4.69, 9.17) is 34.8 Å². The van der Waals surface area contributed by atoms with E-state index in [9.17, 15) is 0 Å². The fourth-order valence-electron chi connectivity index (χ4n) is 4.25. The van der Waals surface area contributed by atoms with Gasteiger partial charge in [0, 0.05) is 36.2 Å². The van der Waals surface area contributed by atoms with E-state index in [-0.39, 0.29) is 6.04 Å². The number of rotatable bonds is 5. The Hall–Kier alpha value is -1.71. The quantitative estimate of drug-likeness (QED) is 0.394. The highest BCUT2D eigenvalue weighted by molar-refractivity contribution is 6.36. The number of nitrogens with zero attached hydrogens (tertiary/aromatic N) is 2. The Bertz CT molecular complexity index is 975. The third-order valence-electron chi connectivity index (χ3n) is 5.84. The van der Waals surface area contributed by atoms with Crippen molar-refractivity contribution in [3.8, 4) is 0 Å². The van der Waals surface area contributed by atoms with Crippen LogP contribution >= 0.6 is 34.8 Å². The van der Waals surface area contributed by atoms with Crippen LogP contribution in [-0.2, 0) is 0 Å². The summed E-state index contributed by atoms with van der Waals surface area (Å²) in [6.07, 6.45) is 0. The number of halogens is 3. The van der Waals surface area contributed by atoms with Gasteiger partial charge in [-0.3, -0.25) is 4.90 Å². The maximum atomic E-state index is 6.58. The third-order valence-corrected chi connectivity index (χ3v) is 6.63. The van der Waals surface area contributed by atoms with Crippen LogP contribution in [0, 0.1) is 0 Å². The van der Waals surface area contributed by atoms with Crippen LogP contribution < -0.4 is 4.90 Å². The third kappa shape index (κ3) is 4.95. The predicted octanol–water partition coefficient (Wildman–Crippen LogP) is 7.31. The van der Waals surface area contributed by atoms with Crippen molar-refractivity contribution in [2.45, 2.75) is 18.9 Å². The first-order valence-corrected chi connectivity index (χ1v) is 11.4. The first kappa shape index (κ1) is 21.5. The topological polar surface area (TPSA) is 6.48 Å². The van der Waals surface area contributed by atoms with Crippen LogP contribution in [0.2, 0.25) is 15.1 Å². The van der Waals surface area contributed by atoms with E-state index in [1.54, 1.807) is 0 Å². The first-order chi connectivity index (χ1) is 14.5. The molecule has 1 unspecified atom stereocenters. The van der Waals surface area contributed by atoms with Crippen LogP contribution in [-0.4, -0.2) is 31.1 Å². The second kappa shape index (κ2) is 9.62. The van der Waals surface area contributed by atoms with E-state index in [1.807, 2.05) is 30.3 Å². The number of piperazine rings is 1. The van der Waals surface area contributed by atoms with Gasteiger partial charge in [0.2, 0.25) is 0 Å². The molecule has 30 heavy (non-hydrogen) atoms. The van der Waals surface area contributed by atoms with Gasteiger partial charge in [-0.25, -0.2) is 0 Å². The van der Waals surface area contributed by atoms with E-state index in [0.717, 1.165) is 36.9 Å². The second-order valence-corrected chi connectivity index (χ2v) is 9.21. The molecule has 1 fully saturated rings. The predicted molar refractivity (Wildman–Crippen MR) is 129 cm³/mol.